The van der Waals surface area contributed by atoms with Gasteiger partial charge in [0.15, 0.2) is 0 Å². The molecule has 0 saturated carbocycles. The fourth-order valence-electron chi connectivity index (χ4n) is 1.74. The summed E-state index contributed by atoms with van der Waals surface area (Å²) in [7, 11) is 0. The third-order valence-electron chi connectivity index (χ3n) is 2.62. The number of para-hydroxylation sites is 2. The molecule has 0 spiro atoms. The van der Waals surface area contributed by atoms with Crippen LogP contribution in [0.5, 0.6) is 0 Å². The number of H-pyrrole nitrogens is 1. The van der Waals surface area contributed by atoms with Gasteiger partial charge in [-0.25, -0.2) is 9.67 Å². The molecule has 0 radical (unpaired) electrons. The highest BCUT2D eigenvalue weighted by molar-refractivity contribution is 6.02. The summed E-state index contributed by atoms with van der Waals surface area (Å²) >= 11 is 0. The van der Waals surface area contributed by atoms with Gasteiger partial charge in [0.1, 0.15) is 5.82 Å². The summed E-state index contributed by atoms with van der Waals surface area (Å²) in [6.07, 6.45) is 3.26. The lowest BCUT2D eigenvalue weighted by atomic mass is 10.2. The van der Waals surface area contributed by atoms with Crippen molar-refractivity contribution in [2.45, 2.75) is 6.92 Å². The Morgan fingerprint density at radius 2 is 2.20 bits per heavy atom. The van der Waals surface area contributed by atoms with Gasteiger partial charge in [-0.05, 0) is 19.1 Å². The lowest BCUT2D eigenvalue weighted by molar-refractivity contribution is 0.101. The van der Waals surface area contributed by atoms with Crippen LogP contribution in [0.3, 0.4) is 0 Å². The number of benzene rings is 1. The van der Waals surface area contributed by atoms with Crippen LogP contribution in [0.25, 0.3) is 5.69 Å². The van der Waals surface area contributed by atoms with Crippen LogP contribution < -0.4 is 5.32 Å². The number of aromatic amines is 1. The van der Waals surface area contributed by atoms with Crippen LogP contribution in [0.15, 0.2) is 36.7 Å². The molecular weight excluding hydrogens is 258 g/mol. The van der Waals surface area contributed by atoms with Crippen LogP contribution in [0, 0.1) is 6.92 Å². The van der Waals surface area contributed by atoms with Gasteiger partial charge in [-0.3, -0.25) is 9.89 Å². The molecule has 0 aliphatic rings. The lowest BCUT2D eigenvalue weighted by Crippen LogP contribution is -2.15. The zero-order valence-electron chi connectivity index (χ0n) is 10.6. The summed E-state index contributed by atoms with van der Waals surface area (Å²) in [5, 5.41) is 16.9. The van der Waals surface area contributed by atoms with Gasteiger partial charge in [-0.15, -0.1) is 10.2 Å². The Kier molecular flexibility index (Phi) is 2.96. The predicted molar refractivity (Wildman–Crippen MR) is 70.4 cm³/mol. The van der Waals surface area contributed by atoms with Crippen molar-refractivity contribution in [2.24, 2.45) is 0 Å². The minimum Gasteiger partial charge on any atom is -0.317 e. The van der Waals surface area contributed by atoms with Crippen LogP contribution >= 0.6 is 0 Å². The molecule has 8 nitrogen and oxygen atoms in total. The molecule has 0 aliphatic heterocycles. The van der Waals surface area contributed by atoms with Gasteiger partial charge in [-0.2, -0.15) is 0 Å². The smallest absolute Gasteiger partial charge is 0.295 e. The molecule has 3 aromatic rings. The Morgan fingerprint density at radius 3 is 2.90 bits per heavy atom. The first kappa shape index (κ1) is 12.0. The van der Waals surface area contributed by atoms with Crippen molar-refractivity contribution < 1.29 is 4.79 Å². The van der Waals surface area contributed by atoms with E-state index in [1.54, 1.807) is 30.1 Å². The second-order valence-electron chi connectivity index (χ2n) is 4.06. The molecule has 0 aliphatic carbocycles. The molecule has 1 aromatic carbocycles. The molecule has 20 heavy (non-hydrogen) atoms. The second kappa shape index (κ2) is 4.92. The maximum absolute atomic E-state index is 12.0. The monoisotopic (exact) mass is 269 g/mol. The van der Waals surface area contributed by atoms with Crippen molar-refractivity contribution in [3.05, 3.63) is 48.3 Å². The van der Waals surface area contributed by atoms with Crippen molar-refractivity contribution in [1.29, 1.82) is 0 Å². The molecule has 2 N–H and O–H groups in total. The van der Waals surface area contributed by atoms with Gasteiger partial charge in [0.25, 0.3) is 5.91 Å². The van der Waals surface area contributed by atoms with Crippen LogP contribution in [0.1, 0.15) is 16.4 Å². The highest BCUT2D eigenvalue weighted by Crippen LogP contribution is 2.19. The van der Waals surface area contributed by atoms with Gasteiger partial charge in [0.2, 0.25) is 5.82 Å². The highest BCUT2D eigenvalue weighted by atomic mass is 16.2. The molecule has 0 atom stereocenters. The molecule has 3 rings (SSSR count). The first-order chi connectivity index (χ1) is 9.74. The van der Waals surface area contributed by atoms with Crippen LogP contribution in [-0.4, -0.2) is 36.1 Å². The van der Waals surface area contributed by atoms with E-state index in [0.717, 1.165) is 0 Å². The van der Waals surface area contributed by atoms with Crippen molar-refractivity contribution in [1.82, 2.24) is 30.2 Å². The van der Waals surface area contributed by atoms with Gasteiger partial charge < -0.3 is 5.32 Å². The number of nitrogens with one attached hydrogen (secondary N) is 2. The minimum atomic E-state index is -0.387. The van der Waals surface area contributed by atoms with Crippen molar-refractivity contribution in [3.63, 3.8) is 0 Å². The van der Waals surface area contributed by atoms with E-state index >= 15 is 0 Å². The summed E-state index contributed by atoms with van der Waals surface area (Å²) in [6.45, 7) is 1.73. The SMILES string of the molecule is Cc1nc(C(=O)Nc2ccccc2-n2ccnn2)n[nH]1. The number of anilines is 1. The van der Waals surface area contributed by atoms with Crippen LogP contribution in [0.4, 0.5) is 5.69 Å². The Balaban J connectivity index is 1.90. The molecular formula is C12H11N7O. The number of carbonyl (C=O) groups is 1. The quantitative estimate of drug-likeness (QED) is 0.737. The van der Waals surface area contributed by atoms with Gasteiger partial charge in [-0.1, -0.05) is 17.3 Å². The Bertz CT molecular complexity index is 732. The summed E-state index contributed by atoms with van der Waals surface area (Å²) in [5.74, 6) is 0.289. The molecule has 0 fully saturated rings. The van der Waals surface area contributed by atoms with Gasteiger partial charge >= 0.3 is 0 Å². The van der Waals surface area contributed by atoms with Gasteiger partial charge in [0, 0.05) is 0 Å². The molecule has 100 valence electrons. The van der Waals surface area contributed by atoms with E-state index in [2.05, 4.69) is 30.8 Å². The number of carbonyl (C=O) groups excluding carboxylic acids is 1. The average molecular weight is 269 g/mol. The zero-order chi connectivity index (χ0) is 13.9. The highest BCUT2D eigenvalue weighted by Gasteiger charge is 2.14. The van der Waals surface area contributed by atoms with E-state index in [0.29, 0.717) is 17.2 Å². The Hall–Kier alpha value is -3.03. The van der Waals surface area contributed by atoms with E-state index < -0.39 is 0 Å². The maximum atomic E-state index is 12.0. The summed E-state index contributed by atoms with van der Waals surface area (Å²) in [5.41, 5.74) is 1.32. The predicted octanol–water partition coefficient (Wildman–Crippen LogP) is 0.946. The topological polar surface area (TPSA) is 101 Å². The fraction of sp³-hybridized carbons (Fsp3) is 0.0833. The normalized spacial score (nSPS) is 10.4. The summed E-state index contributed by atoms with van der Waals surface area (Å²) < 4.78 is 1.57. The van der Waals surface area contributed by atoms with E-state index in [1.165, 1.54) is 0 Å². The third-order valence-corrected chi connectivity index (χ3v) is 2.62. The number of nitrogens with zero attached hydrogens (tertiary/aromatic N) is 5. The van der Waals surface area contributed by atoms with Crippen molar-refractivity contribution in [2.75, 3.05) is 5.32 Å². The van der Waals surface area contributed by atoms with Gasteiger partial charge in [0.05, 0.1) is 23.8 Å². The van der Waals surface area contributed by atoms with E-state index in [4.69, 9.17) is 0 Å². The first-order valence-corrected chi connectivity index (χ1v) is 5.90. The fourth-order valence-corrected chi connectivity index (χ4v) is 1.74. The average Bonchev–Trinajstić information content (AvgIpc) is 3.10. The number of hydrogen-bond acceptors (Lipinski definition) is 5. The van der Waals surface area contributed by atoms with E-state index in [1.807, 2.05) is 18.2 Å². The lowest BCUT2D eigenvalue weighted by Gasteiger charge is -2.08. The molecule has 0 bridgehead atoms. The number of aromatic nitrogens is 6. The molecule has 2 aromatic heterocycles. The van der Waals surface area contributed by atoms with E-state index in [-0.39, 0.29) is 11.7 Å². The molecule has 0 saturated heterocycles. The van der Waals surface area contributed by atoms with Crippen molar-refractivity contribution >= 4 is 11.6 Å². The summed E-state index contributed by atoms with van der Waals surface area (Å²) in [6, 6.07) is 7.27. The second-order valence-corrected chi connectivity index (χ2v) is 4.06. The van der Waals surface area contributed by atoms with Crippen LogP contribution in [-0.2, 0) is 0 Å². The zero-order valence-corrected chi connectivity index (χ0v) is 10.6. The first-order valence-electron chi connectivity index (χ1n) is 5.90. The number of rotatable bonds is 3. The number of amides is 1. The molecule has 0 unspecified atom stereocenters. The van der Waals surface area contributed by atoms with E-state index in [9.17, 15) is 4.79 Å². The largest absolute Gasteiger partial charge is 0.317 e. The minimum absolute atomic E-state index is 0.0934. The van der Waals surface area contributed by atoms with Crippen molar-refractivity contribution in [3.8, 4) is 5.69 Å². The standard InChI is InChI=1S/C12H11N7O/c1-8-14-11(17-16-8)12(20)15-9-4-2-3-5-10(9)19-7-6-13-18-19/h2-7H,1H3,(H,15,20)(H,14,16,17). The maximum Gasteiger partial charge on any atom is 0.295 e. The molecule has 1 amide bonds. The number of hydrogen-bond donors (Lipinski definition) is 2. The van der Waals surface area contributed by atoms with Crippen LogP contribution in [0.2, 0.25) is 0 Å². The Morgan fingerprint density at radius 1 is 1.35 bits per heavy atom. The summed E-state index contributed by atoms with van der Waals surface area (Å²) in [4.78, 5) is 16.0. The molecule has 2 heterocycles. The third kappa shape index (κ3) is 2.26. The Labute approximate surface area is 113 Å². The number of aryl methyl sites for hydroxylation is 1. The molecule has 8 heteroatoms.